The number of rotatable bonds is 4. The summed E-state index contributed by atoms with van der Waals surface area (Å²) in [5.41, 5.74) is 2.95. The lowest BCUT2D eigenvalue weighted by Crippen LogP contribution is -2.08. The number of hydrogen-bond donors (Lipinski definition) is 0. The van der Waals surface area contributed by atoms with Crippen LogP contribution in [0.1, 0.15) is 18.4 Å². The molecule has 6 heteroatoms. The standard InChI is InChI=1S/C12H11ClN2O2S/c13-9(7-1-2-7)5-8-3-4-10-11(14-6-18-10)12(8)15(16)17/h3-4,6-7,9H,1-2,5H2. The molecule has 1 atom stereocenters. The Morgan fingerprint density at radius 3 is 3.00 bits per heavy atom. The van der Waals surface area contributed by atoms with Gasteiger partial charge in [-0.2, -0.15) is 0 Å². The van der Waals surface area contributed by atoms with E-state index >= 15 is 0 Å². The summed E-state index contributed by atoms with van der Waals surface area (Å²) in [5.74, 6) is 0.525. The fourth-order valence-corrected chi connectivity index (χ4v) is 3.26. The van der Waals surface area contributed by atoms with Gasteiger partial charge in [-0.3, -0.25) is 10.1 Å². The Hall–Kier alpha value is -1.20. The van der Waals surface area contributed by atoms with Gasteiger partial charge in [-0.15, -0.1) is 22.9 Å². The number of benzene rings is 1. The molecule has 1 fully saturated rings. The second-order valence-corrected chi connectivity index (χ2v) is 6.03. The van der Waals surface area contributed by atoms with Crippen molar-refractivity contribution in [3.63, 3.8) is 0 Å². The van der Waals surface area contributed by atoms with Gasteiger partial charge in [0, 0.05) is 10.9 Å². The van der Waals surface area contributed by atoms with Crippen molar-refractivity contribution in [1.82, 2.24) is 4.98 Å². The first-order chi connectivity index (χ1) is 8.66. The monoisotopic (exact) mass is 282 g/mol. The Bertz CT molecular complexity index is 609. The third-order valence-corrected chi connectivity index (χ3v) is 4.60. The van der Waals surface area contributed by atoms with Crippen LogP contribution in [0.25, 0.3) is 10.2 Å². The van der Waals surface area contributed by atoms with E-state index in [0.29, 0.717) is 23.4 Å². The van der Waals surface area contributed by atoms with E-state index in [9.17, 15) is 10.1 Å². The minimum atomic E-state index is -0.339. The first kappa shape index (κ1) is 11.9. The van der Waals surface area contributed by atoms with Crippen LogP contribution in [0, 0.1) is 16.0 Å². The minimum absolute atomic E-state index is 0.000198. The molecule has 0 spiro atoms. The number of nitrogens with zero attached hydrogens (tertiary/aromatic N) is 2. The fraction of sp³-hybridized carbons (Fsp3) is 0.417. The van der Waals surface area contributed by atoms with Gasteiger partial charge in [0.15, 0.2) is 5.52 Å². The SMILES string of the molecule is O=[N+]([O-])c1c(CC(Cl)C2CC2)ccc2scnc12. The molecule has 4 nitrogen and oxygen atoms in total. The van der Waals surface area contributed by atoms with Crippen molar-refractivity contribution in [1.29, 1.82) is 0 Å². The fourth-order valence-electron chi connectivity index (χ4n) is 2.16. The maximum Gasteiger partial charge on any atom is 0.299 e. The predicted molar refractivity (Wildman–Crippen MR) is 72.3 cm³/mol. The smallest absolute Gasteiger partial charge is 0.258 e. The van der Waals surface area contributed by atoms with E-state index in [-0.39, 0.29) is 16.0 Å². The summed E-state index contributed by atoms with van der Waals surface area (Å²) in [7, 11) is 0. The molecule has 1 aliphatic rings. The molecule has 1 aromatic carbocycles. The highest BCUT2D eigenvalue weighted by atomic mass is 35.5. The molecule has 0 bridgehead atoms. The third kappa shape index (κ3) is 2.08. The van der Waals surface area contributed by atoms with Crippen LogP contribution in [0.4, 0.5) is 5.69 Å². The third-order valence-electron chi connectivity index (χ3n) is 3.29. The first-order valence-electron chi connectivity index (χ1n) is 5.80. The Morgan fingerprint density at radius 1 is 1.56 bits per heavy atom. The summed E-state index contributed by atoms with van der Waals surface area (Å²) >= 11 is 7.69. The quantitative estimate of drug-likeness (QED) is 0.487. The molecule has 0 saturated heterocycles. The zero-order valence-corrected chi connectivity index (χ0v) is 11.1. The summed E-state index contributed by atoms with van der Waals surface area (Å²) in [6.45, 7) is 0. The molecule has 1 heterocycles. The number of aromatic nitrogens is 1. The number of fused-ring (bicyclic) bond motifs is 1. The first-order valence-corrected chi connectivity index (χ1v) is 7.12. The lowest BCUT2D eigenvalue weighted by Gasteiger charge is -2.08. The Balaban J connectivity index is 2.03. The summed E-state index contributed by atoms with van der Waals surface area (Å²) in [5, 5.41) is 11.2. The Kier molecular flexibility index (Phi) is 2.95. The maximum atomic E-state index is 11.2. The largest absolute Gasteiger partial charge is 0.299 e. The van der Waals surface area contributed by atoms with Gasteiger partial charge in [0.25, 0.3) is 5.69 Å². The highest BCUT2D eigenvalue weighted by Crippen LogP contribution is 2.39. The van der Waals surface area contributed by atoms with Crippen molar-refractivity contribution in [2.75, 3.05) is 0 Å². The number of nitro benzene ring substituents is 1. The molecule has 0 amide bonds. The second kappa shape index (κ2) is 4.48. The molecule has 2 aromatic rings. The summed E-state index contributed by atoms with van der Waals surface area (Å²) < 4.78 is 0.850. The molecule has 0 radical (unpaired) electrons. The highest BCUT2D eigenvalue weighted by molar-refractivity contribution is 7.16. The number of alkyl halides is 1. The van der Waals surface area contributed by atoms with Crippen molar-refractivity contribution in [3.05, 3.63) is 33.3 Å². The number of nitro groups is 1. The van der Waals surface area contributed by atoms with Crippen LogP contribution in [0.3, 0.4) is 0 Å². The lowest BCUT2D eigenvalue weighted by molar-refractivity contribution is -0.383. The van der Waals surface area contributed by atoms with Crippen LogP contribution >= 0.6 is 22.9 Å². The van der Waals surface area contributed by atoms with Crippen molar-refractivity contribution < 1.29 is 4.92 Å². The molecule has 3 rings (SSSR count). The van der Waals surface area contributed by atoms with E-state index in [1.807, 2.05) is 12.1 Å². The van der Waals surface area contributed by atoms with Gasteiger partial charge >= 0.3 is 0 Å². The second-order valence-electron chi connectivity index (χ2n) is 4.59. The van der Waals surface area contributed by atoms with Gasteiger partial charge < -0.3 is 0 Å². The van der Waals surface area contributed by atoms with E-state index in [2.05, 4.69) is 4.98 Å². The predicted octanol–water partition coefficient (Wildman–Crippen LogP) is 3.76. The molecule has 1 aromatic heterocycles. The highest BCUT2D eigenvalue weighted by Gasteiger charge is 2.32. The van der Waals surface area contributed by atoms with Crippen molar-refractivity contribution in [2.24, 2.45) is 5.92 Å². The zero-order chi connectivity index (χ0) is 12.7. The van der Waals surface area contributed by atoms with Gasteiger partial charge in [0.1, 0.15) is 0 Å². The topological polar surface area (TPSA) is 56.0 Å². The van der Waals surface area contributed by atoms with Gasteiger partial charge in [-0.25, -0.2) is 4.98 Å². The van der Waals surface area contributed by atoms with Crippen molar-refractivity contribution in [3.8, 4) is 0 Å². The summed E-state index contributed by atoms with van der Waals surface area (Å²) in [4.78, 5) is 15.0. The van der Waals surface area contributed by atoms with Crippen LogP contribution in [0.5, 0.6) is 0 Å². The van der Waals surface area contributed by atoms with E-state index in [1.165, 1.54) is 11.3 Å². The molecule has 94 valence electrons. The Morgan fingerprint density at radius 2 is 2.33 bits per heavy atom. The molecule has 0 aliphatic heterocycles. The van der Waals surface area contributed by atoms with Crippen LogP contribution in [-0.2, 0) is 6.42 Å². The van der Waals surface area contributed by atoms with Gasteiger partial charge in [0.2, 0.25) is 0 Å². The van der Waals surface area contributed by atoms with Gasteiger partial charge in [0.05, 0.1) is 15.1 Å². The molecule has 0 N–H and O–H groups in total. The zero-order valence-electron chi connectivity index (χ0n) is 9.51. The summed E-state index contributed by atoms with van der Waals surface area (Å²) in [6.07, 6.45) is 2.83. The average Bonchev–Trinajstić information content (AvgIpc) is 3.07. The van der Waals surface area contributed by atoms with Gasteiger partial charge in [-0.1, -0.05) is 6.07 Å². The minimum Gasteiger partial charge on any atom is -0.258 e. The average molecular weight is 283 g/mol. The van der Waals surface area contributed by atoms with E-state index in [1.54, 1.807) is 5.51 Å². The molecule has 1 unspecified atom stereocenters. The molecule has 1 aliphatic carbocycles. The van der Waals surface area contributed by atoms with Crippen LogP contribution < -0.4 is 0 Å². The summed E-state index contributed by atoms with van der Waals surface area (Å²) in [6, 6.07) is 3.71. The number of hydrogen-bond acceptors (Lipinski definition) is 4. The van der Waals surface area contributed by atoms with Crippen molar-refractivity contribution >= 4 is 38.8 Å². The van der Waals surface area contributed by atoms with Crippen LogP contribution in [-0.4, -0.2) is 15.3 Å². The molecule has 18 heavy (non-hydrogen) atoms. The number of thiazole rings is 1. The number of halogens is 1. The van der Waals surface area contributed by atoms with Crippen molar-refractivity contribution in [2.45, 2.75) is 24.6 Å². The molecular formula is C12H11ClN2O2S. The van der Waals surface area contributed by atoms with Crippen LogP contribution in [0.15, 0.2) is 17.6 Å². The van der Waals surface area contributed by atoms with E-state index < -0.39 is 0 Å². The van der Waals surface area contributed by atoms with E-state index in [0.717, 1.165) is 17.5 Å². The van der Waals surface area contributed by atoms with Crippen LogP contribution in [0.2, 0.25) is 0 Å². The molecular weight excluding hydrogens is 272 g/mol. The normalized spacial score (nSPS) is 16.9. The Labute approximate surface area is 113 Å². The maximum absolute atomic E-state index is 11.2. The molecule has 1 saturated carbocycles. The van der Waals surface area contributed by atoms with Gasteiger partial charge in [-0.05, 0) is 31.2 Å². The lowest BCUT2D eigenvalue weighted by atomic mass is 10.0. The van der Waals surface area contributed by atoms with E-state index in [4.69, 9.17) is 11.6 Å².